The summed E-state index contributed by atoms with van der Waals surface area (Å²) in [6.07, 6.45) is 2.02. The highest BCUT2D eigenvalue weighted by Gasteiger charge is 2.41. The molecule has 2 unspecified atom stereocenters. The third-order valence-corrected chi connectivity index (χ3v) is 5.47. The number of aliphatic hydroxyl groups is 1. The van der Waals surface area contributed by atoms with Gasteiger partial charge in [-0.2, -0.15) is 11.8 Å². The molecule has 0 radical (unpaired) electrons. The fourth-order valence-electron chi connectivity index (χ4n) is 3.00. The number of halogens is 1. The predicted molar refractivity (Wildman–Crippen MR) is 81.3 cm³/mol. The summed E-state index contributed by atoms with van der Waals surface area (Å²) in [5, 5.41) is 9.47. The first-order valence-electron chi connectivity index (χ1n) is 7.44. The van der Waals surface area contributed by atoms with Crippen molar-refractivity contribution in [2.45, 2.75) is 44.0 Å². The van der Waals surface area contributed by atoms with Crippen LogP contribution in [0, 0.1) is 5.82 Å². The van der Waals surface area contributed by atoms with Crippen LogP contribution in [-0.4, -0.2) is 34.9 Å². The molecular weight excluding hydrogens is 291 g/mol. The summed E-state index contributed by atoms with van der Waals surface area (Å²) < 4.78 is 25.9. The Kier molecular flexibility index (Phi) is 4.43. The fraction of sp³-hybridized carbons (Fsp3) is 0.625. The van der Waals surface area contributed by atoms with Gasteiger partial charge < -0.3 is 14.6 Å². The van der Waals surface area contributed by atoms with E-state index in [0.29, 0.717) is 12.2 Å². The Hall–Kier alpha value is -0.780. The molecule has 0 aliphatic carbocycles. The van der Waals surface area contributed by atoms with E-state index in [1.807, 2.05) is 11.8 Å². The van der Waals surface area contributed by atoms with Gasteiger partial charge in [-0.25, -0.2) is 4.39 Å². The van der Waals surface area contributed by atoms with Gasteiger partial charge in [-0.05, 0) is 36.8 Å². The van der Waals surface area contributed by atoms with Crippen molar-refractivity contribution in [1.29, 1.82) is 0 Å². The molecular formula is C16H21FO3S. The Morgan fingerprint density at radius 1 is 1.52 bits per heavy atom. The molecule has 2 saturated heterocycles. The van der Waals surface area contributed by atoms with Crippen molar-refractivity contribution >= 4 is 11.8 Å². The van der Waals surface area contributed by atoms with Crippen LogP contribution in [0.3, 0.4) is 0 Å². The van der Waals surface area contributed by atoms with Crippen molar-refractivity contribution in [3.8, 4) is 5.75 Å². The molecule has 2 heterocycles. The van der Waals surface area contributed by atoms with Crippen LogP contribution in [0.2, 0.25) is 0 Å². The van der Waals surface area contributed by atoms with Gasteiger partial charge in [0.1, 0.15) is 6.10 Å². The molecule has 0 amide bonds. The molecule has 21 heavy (non-hydrogen) atoms. The van der Waals surface area contributed by atoms with Crippen molar-refractivity contribution < 1.29 is 19.0 Å². The monoisotopic (exact) mass is 312 g/mol. The summed E-state index contributed by atoms with van der Waals surface area (Å²) in [4.78, 5) is 0. The number of ether oxygens (including phenoxy) is 2. The van der Waals surface area contributed by atoms with Gasteiger partial charge in [0, 0.05) is 18.6 Å². The van der Waals surface area contributed by atoms with Gasteiger partial charge in [0.15, 0.2) is 11.6 Å². The SMILES string of the molecule is C[C@@H](O)c1ccc(OC2CCOC3(CCSC3)C2)c(F)c1. The number of hydrogen-bond donors (Lipinski definition) is 1. The third kappa shape index (κ3) is 3.35. The maximum Gasteiger partial charge on any atom is 0.165 e. The van der Waals surface area contributed by atoms with Gasteiger partial charge in [0.2, 0.25) is 0 Å². The average molecular weight is 312 g/mol. The largest absolute Gasteiger partial charge is 0.487 e. The first kappa shape index (κ1) is 15.1. The molecule has 3 nitrogen and oxygen atoms in total. The van der Waals surface area contributed by atoms with E-state index >= 15 is 0 Å². The number of benzene rings is 1. The maximum absolute atomic E-state index is 14.1. The zero-order valence-electron chi connectivity index (χ0n) is 12.2. The average Bonchev–Trinajstić information content (AvgIpc) is 2.89. The van der Waals surface area contributed by atoms with Gasteiger partial charge in [-0.3, -0.25) is 0 Å². The highest BCUT2D eigenvalue weighted by molar-refractivity contribution is 7.99. The first-order chi connectivity index (χ1) is 10.1. The van der Waals surface area contributed by atoms with Crippen molar-refractivity contribution in [3.05, 3.63) is 29.6 Å². The zero-order chi connectivity index (χ0) is 14.9. The maximum atomic E-state index is 14.1. The molecule has 0 saturated carbocycles. The molecule has 2 aliphatic heterocycles. The van der Waals surface area contributed by atoms with Crippen molar-refractivity contribution in [3.63, 3.8) is 0 Å². The molecule has 116 valence electrons. The Morgan fingerprint density at radius 2 is 2.38 bits per heavy atom. The second kappa shape index (κ2) is 6.15. The van der Waals surface area contributed by atoms with Crippen LogP contribution >= 0.6 is 11.8 Å². The number of rotatable bonds is 3. The summed E-state index contributed by atoms with van der Waals surface area (Å²) in [6.45, 7) is 2.30. The highest BCUT2D eigenvalue weighted by atomic mass is 32.2. The Bertz CT molecular complexity index is 500. The lowest BCUT2D eigenvalue weighted by atomic mass is 9.91. The molecule has 1 N–H and O–H groups in total. The minimum Gasteiger partial charge on any atom is -0.487 e. The smallest absolute Gasteiger partial charge is 0.165 e. The summed E-state index contributed by atoms with van der Waals surface area (Å²) in [6, 6.07) is 4.67. The summed E-state index contributed by atoms with van der Waals surface area (Å²) >= 11 is 1.91. The minimum absolute atomic E-state index is 0.00403. The predicted octanol–water partition coefficient (Wildman–Crippen LogP) is 3.31. The summed E-state index contributed by atoms with van der Waals surface area (Å²) in [5.41, 5.74) is 0.499. The Morgan fingerprint density at radius 3 is 3.05 bits per heavy atom. The molecule has 1 aromatic rings. The van der Waals surface area contributed by atoms with Gasteiger partial charge in [0.05, 0.1) is 18.3 Å². The quantitative estimate of drug-likeness (QED) is 0.929. The van der Waals surface area contributed by atoms with Gasteiger partial charge in [0.25, 0.3) is 0 Å². The number of aliphatic hydroxyl groups excluding tert-OH is 1. The van der Waals surface area contributed by atoms with E-state index < -0.39 is 11.9 Å². The molecule has 2 aliphatic rings. The van der Waals surface area contributed by atoms with Crippen LogP contribution < -0.4 is 4.74 Å². The van der Waals surface area contributed by atoms with Gasteiger partial charge in [-0.15, -0.1) is 0 Å². The van der Waals surface area contributed by atoms with Crippen LogP contribution in [0.4, 0.5) is 4.39 Å². The minimum atomic E-state index is -0.671. The van der Waals surface area contributed by atoms with Crippen LogP contribution in [0.25, 0.3) is 0 Å². The lowest BCUT2D eigenvalue weighted by molar-refractivity contribution is -0.0964. The molecule has 1 spiro atoms. The van der Waals surface area contributed by atoms with E-state index in [1.165, 1.54) is 6.07 Å². The lowest BCUT2D eigenvalue weighted by Crippen LogP contribution is -2.43. The third-order valence-electron chi connectivity index (χ3n) is 4.25. The molecule has 0 bridgehead atoms. The van der Waals surface area contributed by atoms with Crippen molar-refractivity contribution in [2.75, 3.05) is 18.1 Å². The standard InChI is InChI=1S/C16H21FO3S/c1-11(18)12-2-3-15(14(17)8-12)20-13-4-6-19-16(9-13)5-7-21-10-16/h2-3,8,11,13,18H,4-7,9-10H2,1H3/t11-,13?,16?/m1/s1. The number of hydrogen-bond acceptors (Lipinski definition) is 4. The van der Waals surface area contributed by atoms with Crippen LogP contribution in [0.1, 0.15) is 37.9 Å². The molecule has 0 aromatic heterocycles. The van der Waals surface area contributed by atoms with Crippen LogP contribution in [0.5, 0.6) is 5.75 Å². The Balaban J connectivity index is 1.68. The van der Waals surface area contributed by atoms with E-state index in [9.17, 15) is 9.50 Å². The van der Waals surface area contributed by atoms with Crippen molar-refractivity contribution in [1.82, 2.24) is 0 Å². The summed E-state index contributed by atoms with van der Waals surface area (Å²) in [5.74, 6) is 2.00. The fourth-order valence-corrected chi connectivity index (χ4v) is 4.38. The van der Waals surface area contributed by atoms with Crippen LogP contribution in [-0.2, 0) is 4.74 Å². The Labute approximate surface area is 128 Å². The second-order valence-electron chi connectivity index (χ2n) is 5.93. The molecule has 1 aromatic carbocycles. The second-order valence-corrected chi connectivity index (χ2v) is 7.04. The molecule has 2 fully saturated rings. The molecule has 5 heteroatoms. The normalized spacial score (nSPS) is 30.5. The summed E-state index contributed by atoms with van der Waals surface area (Å²) in [7, 11) is 0. The van der Waals surface area contributed by atoms with Gasteiger partial charge >= 0.3 is 0 Å². The topological polar surface area (TPSA) is 38.7 Å². The van der Waals surface area contributed by atoms with E-state index in [1.54, 1.807) is 19.1 Å². The van der Waals surface area contributed by atoms with Gasteiger partial charge in [-0.1, -0.05) is 6.07 Å². The van der Waals surface area contributed by atoms with Crippen molar-refractivity contribution in [2.24, 2.45) is 0 Å². The highest BCUT2D eigenvalue weighted by Crippen LogP contribution is 2.39. The van der Waals surface area contributed by atoms with E-state index in [4.69, 9.17) is 9.47 Å². The van der Waals surface area contributed by atoms with E-state index in [2.05, 4.69) is 0 Å². The first-order valence-corrected chi connectivity index (χ1v) is 8.59. The zero-order valence-corrected chi connectivity index (χ0v) is 13.0. The van der Waals surface area contributed by atoms with Crippen LogP contribution in [0.15, 0.2) is 18.2 Å². The molecule has 3 rings (SSSR count). The lowest BCUT2D eigenvalue weighted by Gasteiger charge is -2.37. The van der Waals surface area contributed by atoms with E-state index in [-0.39, 0.29) is 17.5 Å². The molecule has 3 atom stereocenters. The number of thioether (sulfide) groups is 1. The van der Waals surface area contributed by atoms with E-state index in [0.717, 1.165) is 30.8 Å².